The first-order chi connectivity index (χ1) is 14.4. The van der Waals surface area contributed by atoms with E-state index in [0.29, 0.717) is 30.0 Å². The molecule has 1 aliphatic carbocycles. The zero-order valence-corrected chi connectivity index (χ0v) is 19.4. The number of imide groups is 1. The number of benzene rings is 2. The quantitative estimate of drug-likeness (QED) is 0.466. The Kier molecular flexibility index (Phi) is 5.97. The van der Waals surface area contributed by atoms with Crippen LogP contribution < -0.4 is 15.0 Å². The molecule has 1 N–H and O–H groups in total. The number of anilines is 2. The minimum absolute atomic E-state index is 0.127. The lowest BCUT2D eigenvalue weighted by molar-refractivity contribution is -0.122. The fourth-order valence-corrected chi connectivity index (χ4v) is 5.33. The van der Waals surface area contributed by atoms with E-state index < -0.39 is 5.91 Å². The van der Waals surface area contributed by atoms with Crippen LogP contribution in [0.4, 0.5) is 11.4 Å². The predicted octanol–water partition coefficient (Wildman–Crippen LogP) is 4.37. The van der Waals surface area contributed by atoms with Crippen molar-refractivity contribution in [3.63, 3.8) is 0 Å². The van der Waals surface area contributed by atoms with Gasteiger partial charge in [0.1, 0.15) is 5.75 Å². The highest BCUT2D eigenvalue weighted by Gasteiger charge is 2.52. The number of carbonyl (C=O) groups excluding carboxylic acids is 3. The van der Waals surface area contributed by atoms with Gasteiger partial charge in [0.2, 0.25) is 11.8 Å². The van der Waals surface area contributed by atoms with Crippen LogP contribution in [0.5, 0.6) is 5.75 Å². The zero-order chi connectivity index (χ0) is 21.4. The Balaban J connectivity index is 1.64. The maximum atomic E-state index is 13.1. The van der Waals surface area contributed by atoms with Crippen molar-refractivity contribution in [1.82, 2.24) is 0 Å². The normalized spacial score (nSPS) is 25.8. The first-order valence-corrected chi connectivity index (χ1v) is 11.4. The zero-order valence-electron chi connectivity index (χ0n) is 16.2. The molecule has 2 aromatic carbocycles. The van der Waals surface area contributed by atoms with E-state index in [-0.39, 0.29) is 38.9 Å². The van der Waals surface area contributed by atoms with Gasteiger partial charge in [-0.2, -0.15) is 0 Å². The molecule has 2 aliphatic rings. The van der Waals surface area contributed by atoms with Crippen molar-refractivity contribution in [2.24, 2.45) is 11.8 Å². The van der Waals surface area contributed by atoms with E-state index in [1.165, 1.54) is 4.90 Å². The molecule has 3 amide bonds. The van der Waals surface area contributed by atoms with Gasteiger partial charge in [0.25, 0.3) is 5.91 Å². The molecule has 4 rings (SSSR count). The Morgan fingerprint density at radius 2 is 1.63 bits per heavy atom. The Hall–Kier alpha value is -2.19. The molecule has 0 bridgehead atoms. The molecule has 4 atom stereocenters. The number of nitrogens with one attached hydrogen (secondary N) is 1. The molecule has 30 heavy (non-hydrogen) atoms. The van der Waals surface area contributed by atoms with Crippen molar-refractivity contribution in [1.29, 1.82) is 0 Å². The van der Waals surface area contributed by atoms with Crippen LogP contribution in [0.25, 0.3) is 0 Å². The van der Waals surface area contributed by atoms with Crippen LogP contribution >= 0.6 is 31.9 Å². The van der Waals surface area contributed by atoms with Crippen molar-refractivity contribution >= 4 is 61.0 Å². The second kappa shape index (κ2) is 8.51. The third kappa shape index (κ3) is 3.78. The van der Waals surface area contributed by atoms with E-state index in [9.17, 15) is 14.4 Å². The van der Waals surface area contributed by atoms with Gasteiger partial charge in [0, 0.05) is 21.4 Å². The van der Waals surface area contributed by atoms with Crippen LogP contribution in [0.15, 0.2) is 48.5 Å². The lowest BCUT2D eigenvalue weighted by atomic mass is 9.81. The summed E-state index contributed by atoms with van der Waals surface area (Å²) >= 11 is 7.19. The molecule has 0 aromatic heterocycles. The van der Waals surface area contributed by atoms with Crippen LogP contribution in [0.1, 0.15) is 23.2 Å². The largest absolute Gasteiger partial charge is 0.497 e. The van der Waals surface area contributed by atoms with Gasteiger partial charge in [-0.05, 0) is 37.1 Å². The molecule has 156 valence electrons. The first kappa shape index (κ1) is 21.1. The molecule has 0 spiro atoms. The van der Waals surface area contributed by atoms with Crippen LogP contribution in [0, 0.1) is 11.8 Å². The van der Waals surface area contributed by atoms with Crippen LogP contribution in [0.2, 0.25) is 0 Å². The number of fused-ring (bicyclic) bond motifs is 1. The highest BCUT2D eigenvalue weighted by molar-refractivity contribution is 9.12. The predicted molar refractivity (Wildman–Crippen MR) is 122 cm³/mol. The summed E-state index contributed by atoms with van der Waals surface area (Å²) in [5.41, 5.74) is 1.15. The second-order valence-corrected chi connectivity index (χ2v) is 9.78. The molecule has 1 aliphatic heterocycles. The van der Waals surface area contributed by atoms with Crippen molar-refractivity contribution in [3.05, 3.63) is 54.1 Å². The number of para-hydroxylation sites is 1. The minimum atomic E-state index is -0.397. The number of rotatable bonds is 4. The summed E-state index contributed by atoms with van der Waals surface area (Å²) in [7, 11) is 1.55. The van der Waals surface area contributed by atoms with E-state index >= 15 is 0 Å². The van der Waals surface area contributed by atoms with Gasteiger partial charge < -0.3 is 10.1 Å². The highest BCUT2D eigenvalue weighted by Crippen LogP contribution is 2.44. The average molecular weight is 536 g/mol. The van der Waals surface area contributed by atoms with Crippen molar-refractivity contribution in [3.8, 4) is 5.75 Å². The van der Waals surface area contributed by atoms with Gasteiger partial charge in [0.05, 0.1) is 30.2 Å². The molecule has 0 unspecified atom stereocenters. The van der Waals surface area contributed by atoms with E-state index in [0.717, 1.165) is 0 Å². The summed E-state index contributed by atoms with van der Waals surface area (Å²) in [6.07, 6.45) is 1.17. The average Bonchev–Trinajstić information content (AvgIpc) is 2.98. The summed E-state index contributed by atoms with van der Waals surface area (Å²) in [4.78, 5) is 40.7. The van der Waals surface area contributed by atoms with E-state index in [2.05, 4.69) is 37.2 Å². The van der Waals surface area contributed by atoms with Gasteiger partial charge in [0.15, 0.2) is 0 Å². The summed E-state index contributed by atoms with van der Waals surface area (Å²) in [5.74, 6) is -1.00. The number of halogens is 2. The molecule has 2 fully saturated rings. The van der Waals surface area contributed by atoms with Gasteiger partial charge >= 0.3 is 0 Å². The Bertz CT molecular complexity index is 984. The number of methoxy groups -OCH3 is 1. The molecule has 0 radical (unpaired) electrons. The van der Waals surface area contributed by atoms with Gasteiger partial charge in [-0.3, -0.25) is 14.4 Å². The van der Waals surface area contributed by atoms with E-state index in [1.807, 2.05) is 0 Å². The highest BCUT2D eigenvalue weighted by atomic mass is 79.9. The molecule has 8 heteroatoms. The second-order valence-electron chi connectivity index (χ2n) is 7.43. The van der Waals surface area contributed by atoms with Crippen molar-refractivity contribution < 1.29 is 19.1 Å². The smallest absolute Gasteiger partial charge is 0.257 e. The third-order valence-electron chi connectivity index (χ3n) is 5.63. The standard InChI is InChI=1S/C22H20Br2N2O4/c1-30-13-6-4-5-12(9-13)25-20(27)14-7-2-3-8-19(14)26-21(28)15-10-17(23)18(24)11-16(15)22(26)29/h2-9,15-18H,10-11H2,1H3,(H,25,27)/t15-,16-,17+,18+/m1/s1. The Morgan fingerprint density at radius 3 is 2.27 bits per heavy atom. The fourth-order valence-electron chi connectivity index (χ4n) is 4.09. The Labute approximate surface area is 191 Å². The maximum Gasteiger partial charge on any atom is 0.257 e. The number of alkyl halides is 2. The number of ether oxygens (including phenoxy) is 1. The third-order valence-corrected chi connectivity index (χ3v) is 8.36. The molecular formula is C22H20Br2N2O4. The molecule has 6 nitrogen and oxygen atoms in total. The van der Waals surface area contributed by atoms with Crippen LogP contribution in [-0.2, 0) is 9.59 Å². The SMILES string of the molecule is COc1cccc(NC(=O)c2ccccc2N2C(=O)[C@@H]3C[C@H](Br)[C@@H](Br)C[C@H]3C2=O)c1. The van der Waals surface area contributed by atoms with E-state index in [1.54, 1.807) is 55.6 Å². The van der Waals surface area contributed by atoms with Gasteiger partial charge in [-0.15, -0.1) is 0 Å². The lowest BCUT2D eigenvalue weighted by Gasteiger charge is -2.29. The summed E-state index contributed by atoms with van der Waals surface area (Å²) in [6, 6.07) is 13.7. The molecule has 2 aromatic rings. The molecule has 1 saturated carbocycles. The summed E-state index contributed by atoms with van der Waals surface area (Å²) in [6.45, 7) is 0. The summed E-state index contributed by atoms with van der Waals surface area (Å²) in [5, 5.41) is 2.82. The number of nitrogens with zero attached hydrogens (tertiary/aromatic N) is 1. The van der Waals surface area contributed by atoms with Crippen LogP contribution in [-0.4, -0.2) is 34.5 Å². The van der Waals surface area contributed by atoms with E-state index in [4.69, 9.17) is 4.74 Å². The summed E-state index contributed by atoms with van der Waals surface area (Å²) < 4.78 is 5.19. The van der Waals surface area contributed by atoms with Crippen LogP contribution in [0.3, 0.4) is 0 Å². The monoisotopic (exact) mass is 534 g/mol. The fraction of sp³-hybridized carbons (Fsp3) is 0.318. The molecule has 1 saturated heterocycles. The van der Waals surface area contributed by atoms with Gasteiger partial charge in [-0.25, -0.2) is 4.90 Å². The number of amides is 3. The molecular weight excluding hydrogens is 516 g/mol. The Morgan fingerprint density at radius 1 is 1.00 bits per heavy atom. The number of hydrogen-bond donors (Lipinski definition) is 1. The first-order valence-electron chi connectivity index (χ1n) is 9.61. The number of hydrogen-bond acceptors (Lipinski definition) is 4. The minimum Gasteiger partial charge on any atom is -0.497 e. The topological polar surface area (TPSA) is 75.7 Å². The number of carbonyl (C=O) groups is 3. The van der Waals surface area contributed by atoms with Crippen molar-refractivity contribution in [2.45, 2.75) is 22.5 Å². The maximum absolute atomic E-state index is 13.1. The lowest BCUT2D eigenvalue weighted by Crippen LogP contribution is -2.34. The molecule has 1 heterocycles. The van der Waals surface area contributed by atoms with Crippen molar-refractivity contribution in [2.75, 3.05) is 17.3 Å². The van der Waals surface area contributed by atoms with Gasteiger partial charge in [-0.1, -0.05) is 50.1 Å².